The molecule has 0 unspecified atom stereocenters. The van der Waals surface area contributed by atoms with Gasteiger partial charge in [-0.05, 0) is 45.0 Å². The molecular weight excluding hydrogens is 380 g/mol. The highest BCUT2D eigenvalue weighted by atomic mass is 32.2. The molecule has 0 fully saturated rings. The molecule has 2 aliphatic heterocycles. The molecule has 1 spiro atoms. The molecule has 0 aromatic heterocycles. The van der Waals surface area contributed by atoms with Crippen molar-refractivity contribution in [3.8, 4) is 0 Å². The maximum atomic E-state index is 2.38. The monoisotopic (exact) mass is 396 g/mol. The van der Waals surface area contributed by atoms with E-state index in [2.05, 4.69) is 97.1 Å². The lowest BCUT2D eigenvalue weighted by atomic mass is 10.3. The fourth-order valence-corrected chi connectivity index (χ4v) is 13.7. The van der Waals surface area contributed by atoms with Crippen LogP contribution in [0, 0.1) is 0 Å². The van der Waals surface area contributed by atoms with E-state index < -0.39 is 8.07 Å². The zero-order valence-electron chi connectivity index (χ0n) is 14.6. The van der Waals surface area contributed by atoms with Crippen LogP contribution in [0.1, 0.15) is 0 Å². The molecule has 6 rings (SSSR count). The van der Waals surface area contributed by atoms with E-state index in [0.29, 0.717) is 0 Å². The Bertz CT molecular complexity index is 1010. The summed E-state index contributed by atoms with van der Waals surface area (Å²) >= 11 is 3.85. The van der Waals surface area contributed by atoms with Crippen molar-refractivity contribution in [3.05, 3.63) is 97.1 Å². The van der Waals surface area contributed by atoms with Crippen LogP contribution in [-0.2, 0) is 0 Å². The molecule has 0 N–H and O–H groups in total. The van der Waals surface area contributed by atoms with Gasteiger partial charge >= 0.3 is 0 Å². The summed E-state index contributed by atoms with van der Waals surface area (Å²) in [7, 11) is -2.29. The Balaban J connectivity index is 1.85. The van der Waals surface area contributed by atoms with Crippen molar-refractivity contribution in [2.45, 2.75) is 19.6 Å². The van der Waals surface area contributed by atoms with Crippen LogP contribution in [0.15, 0.2) is 117 Å². The molecule has 0 saturated carbocycles. The highest BCUT2D eigenvalue weighted by Gasteiger charge is 2.50. The Morgan fingerprint density at radius 2 is 0.630 bits per heavy atom. The van der Waals surface area contributed by atoms with Gasteiger partial charge in [0, 0.05) is 19.6 Å². The van der Waals surface area contributed by atoms with Gasteiger partial charge in [0.15, 0.2) is 8.07 Å². The maximum Gasteiger partial charge on any atom is 0.184 e. The van der Waals surface area contributed by atoms with Gasteiger partial charge in [0.05, 0.1) is 0 Å². The van der Waals surface area contributed by atoms with E-state index in [1.807, 2.05) is 23.5 Å². The van der Waals surface area contributed by atoms with E-state index in [4.69, 9.17) is 0 Å². The average Bonchev–Trinajstić information content (AvgIpc) is 2.73. The van der Waals surface area contributed by atoms with Crippen molar-refractivity contribution in [3.63, 3.8) is 0 Å². The molecule has 0 saturated heterocycles. The summed E-state index contributed by atoms with van der Waals surface area (Å²) in [5.74, 6) is 0. The SMILES string of the molecule is c1ccc2c(c1)Sc1ccccc1[Si]21c2ccccc2Sc2ccccc21. The summed E-state index contributed by atoms with van der Waals surface area (Å²) in [5.41, 5.74) is 0. The van der Waals surface area contributed by atoms with Crippen molar-refractivity contribution < 1.29 is 0 Å². The third-order valence-electron chi connectivity index (χ3n) is 5.60. The molecule has 128 valence electrons. The zero-order chi connectivity index (χ0) is 17.8. The van der Waals surface area contributed by atoms with Crippen molar-refractivity contribution in [2.75, 3.05) is 0 Å². The summed E-state index contributed by atoms with van der Waals surface area (Å²) in [5, 5.41) is 6.14. The van der Waals surface area contributed by atoms with Crippen LogP contribution in [0.3, 0.4) is 0 Å². The highest BCUT2D eigenvalue weighted by molar-refractivity contribution is 8.01. The van der Waals surface area contributed by atoms with Crippen LogP contribution in [0.25, 0.3) is 0 Å². The molecular formula is C24H16S2Si. The van der Waals surface area contributed by atoms with Crippen molar-refractivity contribution in [2.24, 2.45) is 0 Å². The Labute approximate surface area is 168 Å². The topological polar surface area (TPSA) is 0 Å². The van der Waals surface area contributed by atoms with Crippen LogP contribution in [-0.4, -0.2) is 8.07 Å². The van der Waals surface area contributed by atoms with Gasteiger partial charge in [0.2, 0.25) is 0 Å². The average molecular weight is 397 g/mol. The maximum absolute atomic E-state index is 2.38. The standard InChI is InChI=1S/C24H16S2Si/c1-5-13-21-17(9-1)25-18-10-2-6-14-22(18)27(21)23-15-7-3-11-19(23)26-20-12-4-8-16-24(20)27/h1-16H. The van der Waals surface area contributed by atoms with Gasteiger partial charge in [0.25, 0.3) is 0 Å². The smallest absolute Gasteiger partial charge is 0.0903 e. The van der Waals surface area contributed by atoms with Crippen molar-refractivity contribution >= 4 is 52.3 Å². The summed E-state index contributed by atoms with van der Waals surface area (Å²) < 4.78 is 0. The first kappa shape index (κ1) is 15.8. The minimum Gasteiger partial charge on any atom is -0.0903 e. The Morgan fingerprint density at radius 3 is 0.926 bits per heavy atom. The molecule has 0 radical (unpaired) electrons. The fourth-order valence-electron chi connectivity index (χ4n) is 4.57. The second-order valence-electron chi connectivity index (χ2n) is 6.94. The lowest BCUT2D eigenvalue weighted by Crippen LogP contribution is -2.78. The van der Waals surface area contributed by atoms with Gasteiger partial charge in [-0.1, -0.05) is 96.3 Å². The van der Waals surface area contributed by atoms with Gasteiger partial charge in [-0.15, -0.1) is 0 Å². The molecule has 0 amide bonds. The van der Waals surface area contributed by atoms with Gasteiger partial charge < -0.3 is 0 Å². The van der Waals surface area contributed by atoms with E-state index in [1.165, 1.54) is 40.3 Å². The fraction of sp³-hybridized carbons (Fsp3) is 0. The number of fused-ring (bicyclic) bond motifs is 8. The van der Waals surface area contributed by atoms with Crippen LogP contribution < -0.4 is 20.7 Å². The minimum absolute atomic E-state index is 1.42. The van der Waals surface area contributed by atoms with Gasteiger partial charge in [-0.25, -0.2) is 0 Å². The Hall–Kier alpha value is -2.20. The lowest BCUT2D eigenvalue weighted by molar-refractivity contribution is 1.37. The third kappa shape index (κ3) is 2.08. The summed E-state index contributed by atoms with van der Waals surface area (Å²) in [6.07, 6.45) is 0. The van der Waals surface area contributed by atoms with Gasteiger partial charge in [-0.2, -0.15) is 0 Å². The first-order valence-corrected chi connectivity index (χ1v) is 12.8. The number of rotatable bonds is 0. The zero-order valence-corrected chi connectivity index (χ0v) is 17.2. The van der Waals surface area contributed by atoms with E-state index in [1.54, 1.807) is 0 Å². The predicted octanol–water partition coefficient (Wildman–Crippen LogP) is 3.99. The second-order valence-corrected chi connectivity index (χ2v) is 12.8. The highest BCUT2D eigenvalue weighted by Crippen LogP contribution is 2.38. The van der Waals surface area contributed by atoms with Crippen LogP contribution in [0.2, 0.25) is 0 Å². The first-order valence-electron chi connectivity index (χ1n) is 9.13. The van der Waals surface area contributed by atoms with E-state index in [-0.39, 0.29) is 0 Å². The molecule has 27 heavy (non-hydrogen) atoms. The second kappa shape index (κ2) is 5.90. The van der Waals surface area contributed by atoms with Gasteiger partial charge in [0.1, 0.15) is 0 Å². The predicted molar refractivity (Wildman–Crippen MR) is 118 cm³/mol. The van der Waals surface area contributed by atoms with Crippen LogP contribution in [0.5, 0.6) is 0 Å². The lowest BCUT2D eigenvalue weighted by Gasteiger charge is -2.43. The molecule has 0 atom stereocenters. The molecule has 4 aromatic rings. The summed E-state index contributed by atoms with van der Waals surface area (Å²) in [4.78, 5) is 5.66. The van der Waals surface area contributed by atoms with E-state index >= 15 is 0 Å². The largest absolute Gasteiger partial charge is 0.184 e. The molecule has 0 aliphatic carbocycles. The van der Waals surface area contributed by atoms with E-state index in [0.717, 1.165) is 0 Å². The summed E-state index contributed by atoms with van der Waals surface area (Å²) in [6, 6.07) is 36.3. The summed E-state index contributed by atoms with van der Waals surface area (Å²) in [6.45, 7) is 0. The molecule has 0 bridgehead atoms. The van der Waals surface area contributed by atoms with Crippen LogP contribution in [0.4, 0.5) is 0 Å². The minimum atomic E-state index is -2.29. The van der Waals surface area contributed by atoms with E-state index in [9.17, 15) is 0 Å². The number of benzene rings is 4. The van der Waals surface area contributed by atoms with Gasteiger partial charge in [-0.3, -0.25) is 0 Å². The molecule has 4 aromatic carbocycles. The normalized spacial score (nSPS) is 15.4. The molecule has 3 heteroatoms. The number of hydrogen-bond acceptors (Lipinski definition) is 2. The van der Waals surface area contributed by atoms with Crippen LogP contribution >= 0.6 is 23.5 Å². The van der Waals surface area contributed by atoms with Crippen molar-refractivity contribution in [1.82, 2.24) is 0 Å². The molecule has 0 nitrogen and oxygen atoms in total. The quantitative estimate of drug-likeness (QED) is 0.356. The number of hydrogen-bond donors (Lipinski definition) is 0. The third-order valence-corrected chi connectivity index (χ3v) is 13.6. The van der Waals surface area contributed by atoms with Crippen molar-refractivity contribution in [1.29, 1.82) is 0 Å². The Morgan fingerprint density at radius 1 is 0.370 bits per heavy atom. The Kier molecular flexibility index (Phi) is 3.45. The molecule has 2 heterocycles. The first-order chi connectivity index (χ1) is 13.4. The molecule has 2 aliphatic rings.